The van der Waals surface area contributed by atoms with E-state index in [1.807, 2.05) is 0 Å². The maximum atomic E-state index is 10.5. The lowest BCUT2D eigenvalue weighted by atomic mass is 10.1. The summed E-state index contributed by atoms with van der Waals surface area (Å²) in [5.41, 5.74) is 0.519. The first-order chi connectivity index (χ1) is 5.99. The molecule has 0 amide bonds. The van der Waals surface area contributed by atoms with Crippen LogP contribution in [0.25, 0.3) is 0 Å². The van der Waals surface area contributed by atoms with Crippen molar-refractivity contribution in [1.29, 1.82) is 0 Å². The Kier molecular flexibility index (Phi) is 3.22. The summed E-state index contributed by atoms with van der Waals surface area (Å²) in [7, 11) is -4.14. The van der Waals surface area contributed by atoms with Gasteiger partial charge in [-0.05, 0) is 5.56 Å². The first-order valence-electron chi connectivity index (χ1n) is 3.76. The molecule has 1 atom stereocenters. The Balaban J connectivity index is 2.70. The second-order valence-electron chi connectivity index (χ2n) is 2.77. The van der Waals surface area contributed by atoms with Crippen molar-refractivity contribution < 1.29 is 19.5 Å². The van der Waals surface area contributed by atoms with Gasteiger partial charge in [0.25, 0.3) is 0 Å². The number of aliphatic hydroxyl groups is 1. The molecule has 0 saturated carbocycles. The Labute approximate surface area is 76.0 Å². The molecule has 1 rings (SSSR count). The fourth-order valence-electron chi connectivity index (χ4n) is 1.01. The van der Waals surface area contributed by atoms with Gasteiger partial charge in [-0.3, -0.25) is 4.57 Å². The minimum atomic E-state index is -4.14. The average molecular weight is 202 g/mol. The van der Waals surface area contributed by atoms with Crippen LogP contribution in [0.1, 0.15) is 11.7 Å². The number of rotatable bonds is 3. The molecule has 1 aromatic rings. The molecule has 0 saturated heterocycles. The molecular formula is C8H11O4P. The van der Waals surface area contributed by atoms with E-state index >= 15 is 0 Å². The molecule has 5 heteroatoms. The van der Waals surface area contributed by atoms with E-state index in [-0.39, 0.29) is 0 Å². The van der Waals surface area contributed by atoms with Gasteiger partial charge in [0.15, 0.2) is 0 Å². The lowest BCUT2D eigenvalue weighted by Gasteiger charge is -2.11. The summed E-state index contributed by atoms with van der Waals surface area (Å²) in [6.45, 7) is 0. The third-order valence-electron chi connectivity index (χ3n) is 1.60. The van der Waals surface area contributed by atoms with E-state index in [2.05, 4.69) is 0 Å². The summed E-state index contributed by atoms with van der Waals surface area (Å²) in [5, 5.41) is 9.36. The van der Waals surface area contributed by atoms with Crippen LogP contribution in [0.4, 0.5) is 0 Å². The van der Waals surface area contributed by atoms with E-state index in [0.29, 0.717) is 5.56 Å². The number of benzene rings is 1. The van der Waals surface area contributed by atoms with Crippen LogP contribution in [0, 0.1) is 0 Å². The van der Waals surface area contributed by atoms with Crippen molar-refractivity contribution in [2.45, 2.75) is 6.10 Å². The quantitative estimate of drug-likeness (QED) is 0.636. The molecule has 0 radical (unpaired) electrons. The van der Waals surface area contributed by atoms with Gasteiger partial charge < -0.3 is 14.9 Å². The standard InChI is InChI=1S/C8H11O4P/c9-8(6-13(10,11)12)7-4-2-1-3-5-7/h1-5,8-9H,6H2,(H2,10,11,12). The summed E-state index contributed by atoms with van der Waals surface area (Å²) in [4.78, 5) is 17.2. The molecule has 1 aromatic carbocycles. The molecule has 0 spiro atoms. The molecule has 72 valence electrons. The van der Waals surface area contributed by atoms with E-state index in [9.17, 15) is 9.67 Å². The highest BCUT2D eigenvalue weighted by Gasteiger charge is 2.20. The molecule has 0 aliphatic carbocycles. The van der Waals surface area contributed by atoms with Crippen molar-refractivity contribution in [2.75, 3.05) is 6.16 Å². The van der Waals surface area contributed by atoms with Gasteiger partial charge in [-0.15, -0.1) is 0 Å². The molecule has 4 nitrogen and oxygen atoms in total. The largest absolute Gasteiger partial charge is 0.388 e. The topological polar surface area (TPSA) is 77.8 Å². The van der Waals surface area contributed by atoms with E-state index in [4.69, 9.17) is 9.79 Å². The molecule has 0 aliphatic rings. The maximum absolute atomic E-state index is 10.5. The molecule has 0 aliphatic heterocycles. The first-order valence-corrected chi connectivity index (χ1v) is 5.56. The zero-order valence-corrected chi connectivity index (χ0v) is 7.76. The van der Waals surface area contributed by atoms with Gasteiger partial charge in [-0.2, -0.15) is 0 Å². The summed E-state index contributed by atoms with van der Waals surface area (Å²) in [6, 6.07) is 8.44. The number of aliphatic hydroxyl groups excluding tert-OH is 1. The predicted octanol–water partition coefficient (Wildman–Crippen LogP) is 0.898. The third-order valence-corrected chi connectivity index (χ3v) is 2.42. The molecule has 0 aromatic heterocycles. The van der Waals surface area contributed by atoms with Crippen LogP contribution in [0.2, 0.25) is 0 Å². The summed E-state index contributed by atoms with van der Waals surface area (Å²) in [5.74, 6) is 0. The molecule has 3 N–H and O–H groups in total. The fraction of sp³-hybridized carbons (Fsp3) is 0.250. The Morgan fingerprint density at radius 2 is 1.77 bits per heavy atom. The van der Waals surface area contributed by atoms with E-state index < -0.39 is 19.9 Å². The van der Waals surface area contributed by atoms with E-state index in [1.54, 1.807) is 30.3 Å². The molecule has 1 unspecified atom stereocenters. The second-order valence-corrected chi connectivity index (χ2v) is 4.47. The average Bonchev–Trinajstić information content (AvgIpc) is 2.03. The molecule has 0 fully saturated rings. The van der Waals surface area contributed by atoms with Crippen molar-refractivity contribution in [3.63, 3.8) is 0 Å². The van der Waals surface area contributed by atoms with Crippen LogP contribution in [-0.4, -0.2) is 21.1 Å². The Morgan fingerprint density at radius 3 is 2.23 bits per heavy atom. The van der Waals surface area contributed by atoms with Gasteiger partial charge in [0.05, 0.1) is 12.3 Å². The fourth-order valence-corrected chi connectivity index (χ4v) is 1.67. The second kappa shape index (κ2) is 4.03. The summed E-state index contributed by atoms with van der Waals surface area (Å²) in [6.07, 6.45) is -1.63. The molecular weight excluding hydrogens is 191 g/mol. The van der Waals surface area contributed by atoms with Crippen LogP contribution in [0.3, 0.4) is 0 Å². The summed E-state index contributed by atoms with van der Waals surface area (Å²) >= 11 is 0. The van der Waals surface area contributed by atoms with Gasteiger partial charge in [-0.1, -0.05) is 30.3 Å². The van der Waals surface area contributed by atoms with Gasteiger partial charge in [0.1, 0.15) is 0 Å². The Bertz CT molecular complexity index is 305. The predicted molar refractivity (Wildman–Crippen MR) is 48.3 cm³/mol. The Morgan fingerprint density at radius 1 is 1.23 bits per heavy atom. The van der Waals surface area contributed by atoms with Crippen molar-refractivity contribution >= 4 is 7.60 Å². The third kappa shape index (κ3) is 3.70. The smallest absolute Gasteiger partial charge is 0.328 e. The van der Waals surface area contributed by atoms with Crippen LogP contribution in [-0.2, 0) is 4.57 Å². The van der Waals surface area contributed by atoms with Crippen molar-refractivity contribution in [3.8, 4) is 0 Å². The maximum Gasteiger partial charge on any atom is 0.328 e. The van der Waals surface area contributed by atoms with E-state index in [0.717, 1.165) is 0 Å². The highest BCUT2D eigenvalue weighted by molar-refractivity contribution is 7.51. The molecule has 0 heterocycles. The molecule has 0 bridgehead atoms. The van der Waals surface area contributed by atoms with Crippen LogP contribution >= 0.6 is 7.60 Å². The van der Waals surface area contributed by atoms with E-state index in [1.165, 1.54) is 0 Å². The summed E-state index contributed by atoms with van der Waals surface area (Å²) < 4.78 is 10.5. The lowest BCUT2D eigenvalue weighted by molar-refractivity contribution is 0.192. The van der Waals surface area contributed by atoms with Crippen LogP contribution in [0.5, 0.6) is 0 Å². The number of hydrogen-bond acceptors (Lipinski definition) is 2. The Hall–Kier alpha value is -0.670. The van der Waals surface area contributed by atoms with Gasteiger partial charge in [0.2, 0.25) is 0 Å². The van der Waals surface area contributed by atoms with Crippen LogP contribution < -0.4 is 0 Å². The van der Waals surface area contributed by atoms with Crippen molar-refractivity contribution in [2.24, 2.45) is 0 Å². The van der Waals surface area contributed by atoms with Gasteiger partial charge in [0, 0.05) is 0 Å². The molecule has 13 heavy (non-hydrogen) atoms. The number of hydrogen-bond donors (Lipinski definition) is 3. The lowest BCUT2D eigenvalue weighted by Crippen LogP contribution is -2.03. The van der Waals surface area contributed by atoms with Gasteiger partial charge in [-0.25, -0.2) is 0 Å². The minimum Gasteiger partial charge on any atom is -0.388 e. The SMILES string of the molecule is O=P(O)(O)CC(O)c1ccccc1. The minimum absolute atomic E-state index is 0.519. The zero-order valence-electron chi connectivity index (χ0n) is 6.87. The van der Waals surface area contributed by atoms with Crippen molar-refractivity contribution in [3.05, 3.63) is 35.9 Å². The van der Waals surface area contributed by atoms with Crippen molar-refractivity contribution in [1.82, 2.24) is 0 Å². The highest BCUT2D eigenvalue weighted by Crippen LogP contribution is 2.38. The van der Waals surface area contributed by atoms with Crippen LogP contribution in [0.15, 0.2) is 30.3 Å². The van der Waals surface area contributed by atoms with Gasteiger partial charge >= 0.3 is 7.60 Å². The first kappa shape index (κ1) is 10.4. The normalized spacial score (nSPS) is 14.1. The zero-order chi connectivity index (χ0) is 9.90. The monoisotopic (exact) mass is 202 g/mol. The highest BCUT2D eigenvalue weighted by atomic mass is 31.2.